The number of hydrogen-bond donors (Lipinski definition) is 4. The van der Waals surface area contributed by atoms with Crippen LogP contribution in [-0.4, -0.2) is 34.9 Å². The Kier molecular flexibility index (Phi) is 8.95. The van der Waals surface area contributed by atoms with Crippen molar-refractivity contribution in [3.63, 3.8) is 0 Å². The van der Waals surface area contributed by atoms with Crippen LogP contribution >= 0.6 is 11.6 Å². The number of nitrogens with one attached hydrogen (secondary N) is 2. The van der Waals surface area contributed by atoms with E-state index in [1.807, 2.05) is 32.0 Å². The first kappa shape index (κ1) is 25.3. The summed E-state index contributed by atoms with van der Waals surface area (Å²) in [4.78, 5) is 26.2. The topological polar surface area (TPSA) is 98.7 Å². The van der Waals surface area contributed by atoms with E-state index >= 15 is 0 Å². The highest BCUT2D eigenvalue weighted by atomic mass is 35.5. The third-order valence-electron chi connectivity index (χ3n) is 6.10. The quantitative estimate of drug-likeness (QED) is 0.421. The summed E-state index contributed by atoms with van der Waals surface area (Å²) >= 11 is 6.04. The molecule has 33 heavy (non-hydrogen) atoms. The lowest BCUT2D eigenvalue weighted by Crippen LogP contribution is -2.48. The number of carbonyl (C=O) groups is 2. The minimum Gasteiger partial charge on any atom is -0.426 e. The molecule has 3 rings (SSSR count). The molecule has 4 N–H and O–H groups in total. The van der Waals surface area contributed by atoms with Crippen molar-refractivity contribution in [1.29, 1.82) is 0 Å². The number of halogens is 1. The molecule has 3 atom stereocenters. The van der Waals surface area contributed by atoms with E-state index in [0.29, 0.717) is 11.4 Å². The third-order valence-corrected chi connectivity index (χ3v) is 6.35. The number of carbonyl (C=O) groups excluding carboxylic acids is 2. The molecule has 1 aliphatic rings. The van der Waals surface area contributed by atoms with Crippen LogP contribution in [0.3, 0.4) is 0 Å². The maximum Gasteiger partial charge on any atom is 0.475 e. The van der Waals surface area contributed by atoms with Crippen LogP contribution in [0.1, 0.15) is 68.2 Å². The van der Waals surface area contributed by atoms with Crippen LogP contribution in [0.5, 0.6) is 0 Å². The zero-order chi connectivity index (χ0) is 24.0. The molecule has 6 nitrogen and oxygen atoms in total. The van der Waals surface area contributed by atoms with Gasteiger partial charge in [0.05, 0.1) is 24.3 Å². The Morgan fingerprint density at radius 1 is 1.09 bits per heavy atom. The minimum atomic E-state index is -1.65. The van der Waals surface area contributed by atoms with Crippen LogP contribution in [0.4, 0.5) is 0 Å². The van der Waals surface area contributed by atoms with Crippen molar-refractivity contribution in [2.24, 2.45) is 5.92 Å². The second-order valence-electron chi connectivity index (χ2n) is 9.18. The van der Waals surface area contributed by atoms with E-state index in [4.69, 9.17) is 11.6 Å². The predicted molar refractivity (Wildman–Crippen MR) is 131 cm³/mol. The van der Waals surface area contributed by atoms with E-state index in [-0.39, 0.29) is 30.1 Å². The van der Waals surface area contributed by atoms with Crippen LogP contribution in [0.25, 0.3) is 0 Å². The number of rotatable bonds is 9. The lowest BCUT2D eigenvalue weighted by atomic mass is 9.75. The van der Waals surface area contributed by atoms with E-state index in [0.717, 1.165) is 30.4 Å². The molecule has 0 saturated carbocycles. The molecule has 0 saturated heterocycles. The van der Waals surface area contributed by atoms with Crippen molar-refractivity contribution >= 4 is 30.5 Å². The lowest BCUT2D eigenvalue weighted by Gasteiger charge is -2.28. The van der Waals surface area contributed by atoms with Crippen molar-refractivity contribution in [3.05, 3.63) is 70.2 Å². The van der Waals surface area contributed by atoms with E-state index < -0.39 is 19.1 Å². The Labute approximate surface area is 200 Å². The van der Waals surface area contributed by atoms with Crippen molar-refractivity contribution in [2.75, 3.05) is 0 Å². The van der Waals surface area contributed by atoms with Crippen molar-refractivity contribution < 1.29 is 19.6 Å². The maximum atomic E-state index is 13.3. The average Bonchev–Trinajstić information content (AvgIpc) is 2.78. The molecule has 176 valence electrons. The average molecular weight is 471 g/mol. The molecule has 1 aliphatic carbocycles. The number of aryl methyl sites for hydroxylation is 1. The van der Waals surface area contributed by atoms with Gasteiger partial charge >= 0.3 is 7.12 Å². The molecule has 2 aromatic carbocycles. The first-order valence-corrected chi connectivity index (χ1v) is 11.9. The van der Waals surface area contributed by atoms with Gasteiger partial charge in [-0.3, -0.25) is 9.59 Å². The molecule has 0 heterocycles. The van der Waals surface area contributed by atoms with Crippen molar-refractivity contribution in [3.8, 4) is 0 Å². The third kappa shape index (κ3) is 7.07. The summed E-state index contributed by atoms with van der Waals surface area (Å²) in [5.74, 6) is -1.34. The van der Waals surface area contributed by atoms with E-state index in [1.165, 1.54) is 5.56 Å². The summed E-state index contributed by atoms with van der Waals surface area (Å²) in [5, 5.41) is 25.7. The summed E-state index contributed by atoms with van der Waals surface area (Å²) in [5.41, 5.74) is 3.00. The van der Waals surface area contributed by atoms with Gasteiger partial charge in [-0.2, -0.15) is 0 Å². The van der Waals surface area contributed by atoms with Gasteiger partial charge in [-0.25, -0.2) is 0 Å². The molecule has 0 fully saturated rings. The summed E-state index contributed by atoms with van der Waals surface area (Å²) in [6, 6.07) is 14.5. The normalized spacial score (nSPS) is 17.1. The summed E-state index contributed by atoms with van der Waals surface area (Å²) < 4.78 is 0. The zero-order valence-electron chi connectivity index (χ0n) is 19.1. The molecule has 2 aromatic rings. The standard InChI is InChI=1S/C25H32BClN2O4/c1-16(2)14-23(26(32)33)29-24(30)15-22(18-10-12-19(27)13-11-18)28-25(31)21-9-5-7-17-6-3-4-8-20(17)21/h3-4,6,8,10-13,16,21-23,32-33H,5,7,9,14-15H2,1-2H3,(H,28,31)(H,29,30). The van der Waals surface area contributed by atoms with Gasteiger partial charge in [-0.1, -0.05) is 61.8 Å². The lowest BCUT2D eigenvalue weighted by molar-refractivity contribution is -0.125. The highest BCUT2D eigenvalue weighted by molar-refractivity contribution is 6.43. The highest BCUT2D eigenvalue weighted by Gasteiger charge is 2.30. The van der Waals surface area contributed by atoms with Crippen LogP contribution in [0, 0.1) is 5.92 Å². The smallest absolute Gasteiger partial charge is 0.426 e. The number of benzene rings is 2. The fourth-order valence-corrected chi connectivity index (χ4v) is 4.59. The Bertz CT molecular complexity index is 952. The molecular weight excluding hydrogens is 439 g/mol. The summed E-state index contributed by atoms with van der Waals surface area (Å²) in [6.07, 6.45) is 3.06. The number of hydrogen-bond acceptors (Lipinski definition) is 4. The van der Waals surface area contributed by atoms with Gasteiger partial charge in [0.2, 0.25) is 11.8 Å². The van der Waals surface area contributed by atoms with Crippen molar-refractivity contribution in [1.82, 2.24) is 10.6 Å². The fraction of sp³-hybridized carbons (Fsp3) is 0.440. The van der Waals surface area contributed by atoms with E-state index in [9.17, 15) is 19.6 Å². The number of amides is 2. The predicted octanol–water partition coefficient (Wildman–Crippen LogP) is 3.55. The Morgan fingerprint density at radius 2 is 1.79 bits per heavy atom. The van der Waals surface area contributed by atoms with Gasteiger partial charge in [0.25, 0.3) is 0 Å². The van der Waals surface area contributed by atoms with Crippen LogP contribution in [0.15, 0.2) is 48.5 Å². The molecule has 0 aromatic heterocycles. The summed E-state index contributed by atoms with van der Waals surface area (Å²) in [7, 11) is -1.65. The van der Waals surface area contributed by atoms with Gasteiger partial charge in [0.15, 0.2) is 0 Å². The molecule has 0 aliphatic heterocycles. The maximum absolute atomic E-state index is 13.3. The Morgan fingerprint density at radius 3 is 2.45 bits per heavy atom. The highest BCUT2D eigenvalue weighted by Crippen LogP contribution is 2.32. The monoisotopic (exact) mass is 470 g/mol. The molecule has 8 heteroatoms. The van der Waals surface area contributed by atoms with Crippen molar-refractivity contribution in [2.45, 2.75) is 63.9 Å². The first-order chi connectivity index (χ1) is 15.7. The fourth-order valence-electron chi connectivity index (χ4n) is 4.46. The molecular formula is C25H32BClN2O4. The van der Waals surface area contributed by atoms with Crippen LogP contribution in [-0.2, 0) is 16.0 Å². The van der Waals surface area contributed by atoms with Crippen LogP contribution in [0.2, 0.25) is 5.02 Å². The van der Waals surface area contributed by atoms with E-state index in [1.54, 1.807) is 24.3 Å². The molecule has 0 radical (unpaired) electrons. The van der Waals surface area contributed by atoms with Gasteiger partial charge in [-0.05, 0) is 60.4 Å². The molecule has 2 amide bonds. The minimum absolute atomic E-state index is 0.0247. The van der Waals surface area contributed by atoms with Gasteiger partial charge in [0.1, 0.15) is 0 Å². The summed E-state index contributed by atoms with van der Waals surface area (Å²) in [6.45, 7) is 3.89. The Hall–Kier alpha value is -2.35. The SMILES string of the molecule is CC(C)CC(NC(=O)CC(NC(=O)C1CCCc2ccccc21)c1ccc(Cl)cc1)B(O)O. The van der Waals surface area contributed by atoms with Gasteiger partial charge < -0.3 is 20.7 Å². The first-order valence-electron chi connectivity index (χ1n) is 11.5. The van der Waals surface area contributed by atoms with Gasteiger partial charge in [0, 0.05) is 5.02 Å². The largest absolute Gasteiger partial charge is 0.475 e. The number of fused-ring (bicyclic) bond motifs is 1. The molecule has 3 unspecified atom stereocenters. The zero-order valence-corrected chi connectivity index (χ0v) is 19.9. The molecule has 0 spiro atoms. The second kappa shape index (κ2) is 11.7. The van der Waals surface area contributed by atoms with E-state index in [2.05, 4.69) is 16.7 Å². The second-order valence-corrected chi connectivity index (χ2v) is 9.61. The molecule has 0 bridgehead atoms. The van der Waals surface area contributed by atoms with Gasteiger partial charge in [-0.15, -0.1) is 0 Å². The van der Waals surface area contributed by atoms with Crippen LogP contribution < -0.4 is 10.6 Å². The Balaban J connectivity index is 1.77.